The van der Waals surface area contributed by atoms with Crippen molar-refractivity contribution in [3.8, 4) is 0 Å². The molecule has 0 heterocycles. The highest BCUT2D eigenvalue weighted by molar-refractivity contribution is 5.34. The van der Waals surface area contributed by atoms with Crippen LogP contribution in [0.1, 0.15) is 39.5 Å². The highest BCUT2D eigenvalue weighted by Gasteiger charge is 2.27. The van der Waals surface area contributed by atoms with Gasteiger partial charge in [0.05, 0.1) is 5.69 Å². The molecule has 0 saturated heterocycles. The molecule has 3 heteroatoms. The fourth-order valence-corrected chi connectivity index (χ4v) is 1.89. The van der Waals surface area contributed by atoms with Gasteiger partial charge in [0.1, 0.15) is 0 Å². The molecule has 1 rings (SSSR count). The normalized spacial score (nSPS) is 12.2. The molecule has 0 saturated carbocycles. The van der Waals surface area contributed by atoms with Gasteiger partial charge in [0.15, 0.2) is 5.72 Å². The van der Waals surface area contributed by atoms with Gasteiger partial charge in [-0.15, -0.1) is 0 Å². The van der Waals surface area contributed by atoms with Crippen LogP contribution in [0, 0.1) is 0 Å². The monoisotopic (exact) mass is 234 g/mol. The number of benzene rings is 1. The summed E-state index contributed by atoms with van der Waals surface area (Å²) in [6, 6.07) is 9.79. The Hall–Kier alpha value is -1.22. The molecule has 0 aliphatic heterocycles. The first-order chi connectivity index (χ1) is 8.26. The number of azo groups is 1. The summed E-state index contributed by atoms with van der Waals surface area (Å²) in [5.41, 5.74) is 0.431. The van der Waals surface area contributed by atoms with E-state index < -0.39 is 5.72 Å². The van der Waals surface area contributed by atoms with Crippen molar-refractivity contribution in [1.29, 1.82) is 0 Å². The van der Waals surface area contributed by atoms with Gasteiger partial charge in [-0.2, -0.15) is 10.2 Å². The third kappa shape index (κ3) is 4.27. The molecule has 0 atom stereocenters. The molecule has 0 radical (unpaired) electrons. The Morgan fingerprint density at radius 1 is 1.06 bits per heavy atom. The highest BCUT2D eigenvalue weighted by Crippen LogP contribution is 2.27. The predicted octanol–water partition coefficient (Wildman–Crippen LogP) is 4.71. The van der Waals surface area contributed by atoms with Crippen LogP contribution in [0.5, 0.6) is 0 Å². The minimum atomic E-state index is -0.445. The summed E-state index contributed by atoms with van der Waals surface area (Å²) < 4.78 is 5.58. The molecule has 94 valence electrons. The minimum Gasteiger partial charge on any atom is -0.355 e. The van der Waals surface area contributed by atoms with Gasteiger partial charge < -0.3 is 4.74 Å². The van der Waals surface area contributed by atoms with Gasteiger partial charge in [0, 0.05) is 7.11 Å². The van der Waals surface area contributed by atoms with Crippen LogP contribution >= 0.6 is 0 Å². The van der Waals surface area contributed by atoms with Crippen molar-refractivity contribution in [2.24, 2.45) is 10.2 Å². The molecule has 17 heavy (non-hydrogen) atoms. The zero-order chi connectivity index (χ0) is 12.6. The molecule has 1 aromatic carbocycles. The van der Waals surface area contributed by atoms with E-state index in [1.807, 2.05) is 30.3 Å². The van der Waals surface area contributed by atoms with Crippen LogP contribution in [-0.2, 0) is 4.74 Å². The zero-order valence-corrected chi connectivity index (χ0v) is 11.0. The summed E-state index contributed by atoms with van der Waals surface area (Å²) in [5, 5.41) is 8.71. The van der Waals surface area contributed by atoms with E-state index in [-0.39, 0.29) is 0 Å². The largest absolute Gasteiger partial charge is 0.355 e. The number of hydrogen-bond donors (Lipinski definition) is 0. The predicted molar refractivity (Wildman–Crippen MR) is 70.5 cm³/mol. The maximum atomic E-state index is 5.58. The first-order valence-corrected chi connectivity index (χ1v) is 6.29. The maximum Gasteiger partial charge on any atom is 0.178 e. The highest BCUT2D eigenvalue weighted by atomic mass is 16.5. The topological polar surface area (TPSA) is 34.0 Å². The molecule has 0 unspecified atom stereocenters. The van der Waals surface area contributed by atoms with Crippen LogP contribution in [0.15, 0.2) is 40.6 Å². The lowest BCUT2D eigenvalue weighted by molar-refractivity contribution is -0.0234. The number of rotatable bonds is 7. The van der Waals surface area contributed by atoms with Crippen LogP contribution in [0.3, 0.4) is 0 Å². The number of nitrogens with zero attached hydrogens (tertiary/aromatic N) is 2. The lowest BCUT2D eigenvalue weighted by Crippen LogP contribution is -2.28. The molecule has 0 spiro atoms. The van der Waals surface area contributed by atoms with Crippen molar-refractivity contribution in [2.75, 3.05) is 7.11 Å². The molecular formula is C14H22N2O. The van der Waals surface area contributed by atoms with Crippen molar-refractivity contribution in [3.63, 3.8) is 0 Å². The summed E-state index contributed by atoms with van der Waals surface area (Å²) in [5.74, 6) is 0. The summed E-state index contributed by atoms with van der Waals surface area (Å²) in [6.07, 6.45) is 3.91. The molecule has 3 nitrogen and oxygen atoms in total. The average Bonchev–Trinajstić information content (AvgIpc) is 2.38. The van der Waals surface area contributed by atoms with E-state index in [1.165, 1.54) is 0 Å². The number of hydrogen-bond acceptors (Lipinski definition) is 3. The van der Waals surface area contributed by atoms with Crippen molar-refractivity contribution < 1.29 is 4.74 Å². The van der Waals surface area contributed by atoms with Crippen molar-refractivity contribution in [3.05, 3.63) is 30.3 Å². The Morgan fingerprint density at radius 2 is 1.65 bits per heavy atom. The standard InChI is InChI=1S/C14H22N2O/c1-4-11-14(17-3,12-5-2)16-15-13-9-7-6-8-10-13/h6-10H,4-5,11-12H2,1-3H3. The van der Waals surface area contributed by atoms with Crippen molar-refractivity contribution in [1.82, 2.24) is 0 Å². The third-order valence-corrected chi connectivity index (χ3v) is 2.77. The molecule has 0 fully saturated rings. The third-order valence-electron chi connectivity index (χ3n) is 2.77. The van der Waals surface area contributed by atoms with E-state index in [4.69, 9.17) is 4.74 Å². The van der Waals surface area contributed by atoms with E-state index in [0.717, 1.165) is 31.4 Å². The van der Waals surface area contributed by atoms with E-state index >= 15 is 0 Å². The van der Waals surface area contributed by atoms with Crippen LogP contribution in [0.25, 0.3) is 0 Å². The van der Waals surface area contributed by atoms with E-state index in [9.17, 15) is 0 Å². The van der Waals surface area contributed by atoms with E-state index in [2.05, 4.69) is 24.1 Å². The van der Waals surface area contributed by atoms with Crippen molar-refractivity contribution in [2.45, 2.75) is 45.3 Å². The second-order valence-electron chi connectivity index (χ2n) is 4.19. The first-order valence-electron chi connectivity index (χ1n) is 6.29. The van der Waals surface area contributed by atoms with Crippen molar-refractivity contribution >= 4 is 5.69 Å². The Labute approximate surface area is 104 Å². The smallest absolute Gasteiger partial charge is 0.178 e. The average molecular weight is 234 g/mol. The molecule has 0 aliphatic rings. The van der Waals surface area contributed by atoms with Crippen LogP contribution in [0.4, 0.5) is 5.69 Å². The number of ether oxygens (including phenoxy) is 1. The lowest BCUT2D eigenvalue weighted by atomic mass is 10.0. The molecule has 0 amide bonds. The van der Waals surface area contributed by atoms with Gasteiger partial charge in [0.2, 0.25) is 0 Å². The van der Waals surface area contributed by atoms with Crippen LogP contribution in [0.2, 0.25) is 0 Å². The van der Waals surface area contributed by atoms with Gasteiger partial charge in [-0.1, -0.05) is 44.9 Å². The Bertz CT molecular complexity index is 329. The SMILES string of the molecule is CCCC(CCC)(N=Nc1ccccc1)OC. The fraction of sp³-hybridized carbons (Fsp3) is 0.571. The molecule has 1 aromatic rings. The fourth-order valence-electron chi connectivity index (χ4n) is 1.89. The second kappa shape index (κ2) is 7.17. The maximum absolute atomic E-state index is 5.58. The van der Waals surface area contributed by atoms with Crippen LogP contribution < -0.4 is 0 Å². The summed E-state index contributed by atoms with van der Waals surface area (Å²) in [4.78, 5) is 0. The molecule has 0 aromatic heterocycles. The van der Waals surface area contributed by atoms with Crippen LogP contribution in [-0.4, -0.2) is 12.8 Å². The second-order valence-corrected chi connectivity index (χ2v) is 4.19. The molecule has 0 bridgehead atoms. The summed E-state index contributed by atoms with van der Waals surface area (Å²) in [7, 11) is 1.72. The van der Waals surface area contributed by atoms with Gasteiger partial charge in [-0.3, -0.25) is 0 Å². The van der Waals surface area contributed by atoms with Gasteiger partial charge in [-0.25, -0.2) is 0 Å². The minimum absolute atomic E-state index is 0.445. The Kier molecular flexibility index (Phi) is 5.84. The quantitative estimate of drug-likeness (QED) is 0.629. The molecular weight excluding hydrogens is 212 g/mol. The van der Waals surface area contributed by atoms with Gasteiger partial charge in [-0.05, 0) is 25.0 Å². The van der Waals surface area contributed by atoms with E-state index in [0.29, 0.717) is 0 Å². The lowest BCUT2D eigenvalue weighted by Gasteiger charge is -2.26. The van der Waals surface area contributed by atoms with E-state index in [1.54, 1.807) is 7.11 Å². The van der Waals surface area contributed by atoms with Gasteiger partial charge >= 0.3 is 0 Å². The van der Waals surface area contributed by atoms with Gasteiger partial charge in [0.25, 0.3) is 0 Å². The Balaban J connectivity index is 2.81. The molecule has 0 N–H and O–H groups in total. The Morgan fingerprint density at radius 3 is 2.12 bits per heavy atom. The zero-order valence-electron chi connectivity index (χ0n) is 11.0. The summed E-state index contributed by atoms with van der Waals surface area (Å²) in [6.45, 7) is 4.28. The summed E-state index contributed by atoms with van der Waals surface area (Å²) >= 11 is 0. The molecule has 0 aliphatic carbocycles. The first kappa shape index (κ1) is 13.8. The number of methoxy groups -OCH3 is 1.